The molecule has 0 fully saturated rings. The molecule has 0 aliphatic rings. The van der Waals surface area contributed by atoms with Gasteiger partial charge in [0, 0.05) is 31.4 Å². The van der Waals surface area contributed by atoms with Gasteiger partial charge in [0.2, 0.25) is 16.0 Å². The molecule has 136 valence electrons. The van der Waals surface area contributed by atoms with E-state index < -0.39 is 10.0 Å². The maximum absolute atomic E-state index is 12.2. The van der Waals surface area contributed by atoms with Crippen molar-refractivity contribution in [3.63, 3.8) is 0 Å². The van der Waals surface area contributed by atoms with Crippen LogP contribution in [0, 0.1) is 6.92 Å². The van der Waals surface area contributed by atoms with E-state index >= 15 is 0 Å². The van der Waals surface area contributed by atoms with E-state index in [0.29, 0.717) is 24.1 Å². The minimum Gasteiger partial charge on any atom is -0.497 e. The van der Waals surface area contributed by atoms with E-state index in [2.05, 4.69) is 25.3 Å². The van der Waals surface area contributed by atoms with Crippen LogP contribution in [0.2, 0.25) is 0 Å². The lowest BCUT2D eigenvalue weighted by Gasteiger charge is -2.10. The maximum Gasteiger partial charge on any atom is 0.240 e. The summed E-state index contributed by atoms with van der Waals surface area (Å²) in [6, 6.07) is 8.03. The van der Waals surface area contributed by atoms with Gasteiger partial charge in [0.1, 0.15) is 11.6 Å². The zero-order chi connectivity index (χ0) is 18.3. The Bertz CT molecular complexity index is 794. The van der Waals surface area contributed by atoms with Crippen molar-refractivity contribution in [2.45, 2.75) is 18.7 Å². The highest BCUT2D eigenvalue weighted by Gasteiger charge is 2.13. The van der Waals surface area contributed by atoms with Gasteiger partial charge in [0.15, 0.2) is 0 Å². The number of hydrogen-bond donors (Lipinski definition) is 3. The number of anilines is 2. The van der Waals surface area contributed by atoms with Crippen molar-refractivity contribution in [3.8, 4) is 5.75 Å². The molecule has 0 amide bonds. The van der Waals surface area contributed by atoms with E-state index in [1.54, 1.807) is 18.2 Å². The first kappa shape index (κ1) is 18.9. The standard InChI is InChI=1S/C16H23N5O3S/c1-4-17-16-20-12(2)11-15(21-16)18-9-10-19-25(22,23)14-7-5-13(24-3)6-8-14/h5-8,11,19H,4,9-10H2,1-3H3,(H2,17,18,20,21). The highest BCUT2D eigenvalue weighted by Crippen LogP contribution is 2.15. The molecule has 1 aromatic heterocycles. The van der Waals surface area contributed by atoms with E-state index in [1.165, 1.54) is 19.2 Å². The van der Waals surface area contributed by atoms with Crippen LogP contribution in [0.3, 0.4) is 0 Å². The van der Waals surface area contributed by atoms with Gasteiger partial charge in [0.25, 0.3) is 0 Å². The summed E-state index contributed by atoms with van der Waals surface area (Å²) in [5.41, 5.74) is 0.826. The first-order valence-electron chi connectivity index (χ1n) is 7.91. The summed E-state index contributed by atoms with van der Waals surface area (Å²) in [6.07, 6.45) is 0. The molecule has 0 aliphatic heterocycles. The van der Waals surface area contributed by atoms with Crippen LogP contribution in [0.15, 0.2) is 35.2 Å². The van der Waals surface area contributed by atoms with Crippen LogP contribution < -0.4 is 20.1 Å². The van der Waals surface area contributed by atoms with Crippen LogP contribution in [0.4, 0.5) is 11.8 Å². The molecule has 0 bridgehead atoms. The number of nitrogens with zero attached hydrogens (tertiary/aromatic N) is 2. The van der Waals surface area contributed by atoms with Gasteiger partial charge in [-0.05, 0) is 38.1 Å². The van der Waals surface area contributed by atoms with Crippen LogP contribution in [0.25, 0.3) is 0 Å². The Labute approximate surface area is 148 Å². The molecular formula is C16H23N5O3S. The predicted molar refractivity (Wildman–Crippen MR) is 97.6 cm³/mol. The van der Waals surface area contributed by atoms with Gasteiger partial charge in [-0.3, -0.25) is 0 Å². The number of sulfonamides is 1. The lowest BCUT2D eigenvalue weighted by Crippen LogP contribution is -2.29. The van der Waals surface area contributed by atoms with Crippen LogP contribution in [-0.4, -0.2) is 45.1 Å². The molecule has 0 unspecified atom stereocenters. The van der Waals surface area contributed by atoms with E-state index in [0.717, 1.165) is 12.2 Å². The van der Waals surface area contributed by atoms with Crippen molar-refractivity contribution in [2.24, 2.45) is 0 Å². The number of rotatable bonds is 9. The van der Waals surface area contributed by atoms with Crippen molar-refractivity contribution >= 4 is 21.8 Å². The third-order valence-electron chi connectivity index (χ3n) is 3.28. The fourth-order valence-electron chi connectivity index (χ4n) is 2.11. The number of aryl methyl sites for hydroxylation is 1. The number of hydrogen-bond acceptors (Lipinski definition) is 7. The van der Waals surface area contributed by atoms with E-state index in [1.807, 2.05) is 13.8 Å². The van der Waals surface area contributed by atoms with E-state index in [9.17, 15) is 8.42 Å². The summed E-state index contributed by atoms with van der Waals surface area (Å²) in [5.74, 6) is 1.80. The first-order chi connectivity index (χ1) is 11.9. The van der Waals surface area contributed by atoms with Crippen molar-refractivity contribution < 1.29 is 13.2 Å². The maximum atomic E-state index is 12.2. The third-order valence-corrected chi connectivity index (χ3v) is 4.76. The Balaban J connectivity index is 1.89. The second-order valence-electron chi connectivity index (χ2n) is 5.25. The number of aromatic nitrogens is 2. The summed E-state index contributed by atoms with van der Waals surface area (Å²) < 4.78 is 32.0. The van der Waals surface area contributed by atoms with E-state index in [-0.39, 0.29) is 11.4 Å². The molecule has 0 saturated carbocycles. The smallest absolute Gasteiger partial charge is 0.240 e. The molecular weight excluding hydrogens is 342 g/mol. The molecule has 0 radical (unpaired) electrons. The Morgan fingerprint density at radius 3 is 2.44 bits per heavy atom. The number of benzene rings is 1. The number of methoxy groups -OCH3 is 1. The summed E-state index contributed by atoms with van der Waals surface area (Å²) in [6.45, 7) is 5.20. The normalized spacial score (nSPS) is 11.2. The van der Waals surface area contributed by atoms with Crippen molar-refractivity contribution in [2.75, 3.05) is 37.4 Å². The molecule has 0 saturated heterocycles. The Morgan fingerprint density at radius 1 is 1.08 bits per heavy atom. The van der Waals surface area contributed by atoms with Crippen LogP contribution in [-0.2, 0) is 10.0 Å². The summed E-state index contributed by atoms with van der Waals surface area (Å²) in [5, 5.41) is 6.14. The SMILES string of the molecule is CCNc1nc(C)cc(NCCNS(=O)(=O)c2ccc(OC)cc2)n1. The summed E-state index contributed by atoms with van der Waals surface area (Å²) in [4.78, 5) is 8.77. The largest absolute Gasteiger partial charge is 0.497 e. The van der Waals surface area contributed by atoms with Crippen molar-refractivity contribution in [1.29, 1.82) is 0 Å². The topological polar surface area (TPSA) is 105 Å². The molecule has 0 atom stereocenters. The van der Waals surface area contributed by atoms with Gasteiger partial charge in [-0.15, -0.1) is 0 Å². The zero-order valence-electron chi connectivity index (χ0n) is 14.5. The highest BCUT2D eigenvalue weighted by atomic mass is 32.2. The molecule has 3 N–H and O–H groups in total. The monoisotopic (exact) mass is 365 g/mol. The molecule has 0 spiro atoms. The molecule has 0 aliphatic carbocycles. The lowest BCUT2D eigenvalue weighted by atomic mass is 10.3. The summed E-state index contributed by atoms with van der Waals surface area (Å²) >= 11 is 0. The second-order valence-corrected chi connectivity index (χ2v) is 7.02. The molecule has 8 nitrogen and oxygen atoms in total. The quantitative estimate of drug-likeness (QED) is 0.580. The molecule has 2 aromatic rings. The van der Waals surface area contributed by atoms with Gasteiger partial charge >= 0.3 is 0 Å². The first-order valence-corrected chi connectivity index (χ1v) is 9.40. The van der Waals surface area contributed by atoms with Gasteiger partial charge in [-0.25, -0.2) is 18.1 Å². The zero-order valence-corrected chi connectivity index (χ0v) is 15.4. The minimum atomic E-state index is -3.56. The molecule has 9 heteroatoms. The highest BCUT2D eigenvalue weighted by molar-refractivity contribution is 7.89. The molecule has 1 aromatic carbocycles. The molecule has 1 heterocycles. The average Bonchev–Trinajstić information content (AvgIpc) is 2.59. The predicted octanol–water partition coefficient (Wildman–Crippen LogP) is 1.62. The Morgan fingerprint density at radius 2 is 1.80 bits per heavy atom. The van der Waals surface area contributed by atoms with Gasteiger partial charge < -0.3 is 15.4 Å². The lowest BCUT2D eigenvalue weighted by molar-refractivity contribution is 0.414. The number of ether oxygens (including phenoxy) is 1. The third kappa shape index (κ3) is 5.57. The van der Waals surface area contributed by atoms with Crippen LogP contribution >= 0.6 is 0 Å². The second kappa shape index (κ2) is 8.63. The number of nitrogens with one attached hydrogen (secondary N) is 3. The Kier molecular flexibility index (Phi) is 6.54. The molecule has 25 heavy (non-hydrogen) atoms. The van der Waals surface area contributed by atoms with Gasteiger partial charge in [-0.1, -0.05) is 0 Å². The van der Waals surface area contributed by atoms with Crippen LogP contribution in [0.1, 0.15) is 12.6 Å². The van der Waals surface area contributed by atoms with Crippen molar-refractivity contribution in [1.82, 2.24) is 14.7 Å². The fraction of sp³-hybridized carbons (Fsp3) is 0.375. The van der Waals surface area contributed by atoms with Gasteiger partial charge in [0.05, 0.1) is 12.0 Å². The average molecular weight is 365 g/mol. The van der Waals surface area contributed by atoms with Gasteiger partial charge in [-0.2, -0.15) is 4.98 Å². The Hall–Kier alpha value is -2.39. The van der Waals surface area contributed by atoms with Crippen LogP contribution in [0.5, 0.6) is 5.75 Å². The van der Waals surface area contributed by atoms with Crippen molar-refractivity contribution in [3.05, 3.63) is 36.0 Å². The summed E-state index contributed by atoms with van der Waals surface area (Å²) in [7, 11) is -2.02. The van der Waals surface area contributed by atoms with E-state index in [4.69, 9.17) is 4.74 Å². The minimum absolute atomic E-state index is 0.195. The molecule has 2 rings (SSSR count). The fourth-order valence-corrected chi connectivity index (χ4v) is 3.14.